The van der Waals surface area contributed by atoms with Gasteiger partial charge in [0.05, 0.1) is 17.4 Å². The van der Waals surface area contributed by atoms with E-state index in [9.17, 15) is 8.42 Å². The summed E-state index contributed by atoms with van der Waals surface area (Å²) in [5, 5.41) is 8.75. The van der Waals surface area contributed by atoms with Gasteiger partial charge in [-0.25, -0.2) is 8.42 Å². The van der Waals surface area contributed by atoms with Crippen molar-refractivity contribution in [1.29, 1.82) is 5.26 Å². The molecule has 1 fully saturated rings. The third-order valence-electron chi connectivity index (χ3n) is 3.85. The topological polar surface area (TPSA) is 61.2 Å². The van der Waals surface area contributed by atoms with Gasteiger partial charge < -0.3 is 0 Å². The van der Waals surface area contributed by atoms with Gasteiger partial charge in [-0.3, -0.25) is 0 Å². The Labute approximate surface area is 121 Å². The molecule has 0 amide bonds. The number of hydrogen-bond acceptors (Lipinski definition) is 3. The smallest absolute Gasteiger partial charge is 0.212 e. The number of nitrogens with zero attached hydrogens (tertiary/aromatic N) is 2. The third kappa shape index (κ3) is 3.38. The van der Waals surface area contributed by atoms with Crippen molar-refractivity contribution >= 4 is 10.0 Å². The minimum atomic E-state index is -3.29. The second-order valence-electron chi connectivity index (χ2n) is 5.67. The van der Waals surface area contributed by atoms with Gasteiger partial charge in [0.15, 0.2) is 0 Å². The Bertz CT molecular complexity index is 602. The molecule has 4 nitrogen and oxygen atoms in total. The van der Waals surface area contributed by atoms with Crippen LogP contribution < -0.4 is 0 Å². The minimum Gasteiger partial charge on any atom is -0.212 e. The van der Waals surface area contributed by atoms with Crippen molar-refractivity contribution in [3.63, 3.8) is 0 Å². The highest BCUT2D eigenvalue weighted by atomic mass is 32.2. The summed E-state index contributed by atoms with van der Waals surface area (Å²) in [4.78, 5) is 0. The predicted molar refractivity (Wildman–Crippen MR) is 78.3 cm³/mol. The van der Waals surface area contributed by atoms with Crippen LogP contribution in [-0.2, 0) is 15.8 Å². The maximum absolute atomic E-state index is 12.5. The van der Waals surface area contributed by atoms with Gasteiger partial charge in [-0.05, 0) is 43.4 Å². The molecule has 20 heavy (non-hydrogen) atoms. The molecule has 0 N–H and O–H groups in total. The van der Waals surface area contributed by atoms with E-state index in [-0.39, 0.29) is 11.8 Å². The van der Waals surface area contributed by atoms with Crippen molar-refractivity contribution < 1.29 is 8.42 Å². The lowest BCUT2D eigenvalue weighted by molar-refractivity contribution is 0.217. The number of nitriles is 1. The predicted octanol–water partition coefficient (Wildman–Crippen LogP) is 2.51. The fourth-order valence-corrected chi connectivity index (χ4v) is 4.52. The molecule has 0 radical (unpaired) electrons. The molecule has 1 aliphatic heterocycles. The van der Waals surface area contributed by atoms with E-state index in [1.807, 2.05) is 13.0 Å². The fraction of sp³-hybridized carbons (Fsp3) is 0.533. The molecule has 0 aromatic heterocycles. The highest BCUT2D eigenvalue weighted by Gasteiger charge is 2.32. The lowest BCUT2D eigenvalue weighted by Gasteiger charge is -2.35. The zero-order valence-corrected chi connectivity index (χ0v) is 12.7. The Morgan fingerprint density at radius 2 is 1.90 bits per heavy atom. The van der Waals surface area contributed by atoms with Crippen molar-refractivity contribution in [1.82, 2.24) is 4.31 Å². The zero-order valence-electron chi connectivity index (χ0n) is 11.9. The minimum absolute atomic E-state index is 0.00969. The molecule has 1 heterocycles. The molecule has 0 aliphatic carbocycles. The molecule has 1 aromatic rings. The molecule has 2 rings (SSSR count). The summed E-state index contributed by atoms with van der Waals surface area (Å²) in [6, 6.07) is 8.86. The summed E-state index contributed by atoms with van der Waals surface area (Å²) in [6.45, 7) is 4.68. The molecule has 0 saturated carbocycles. The molecule has 1 saturated heterocycles. The molecule has 2 atom stereocenters. The molecule has 108 valence electrons. The van der Waals surface area contributed by atoms with Crippen LogP contribution >= 0.6 is 0 Å². The van der Waals surface area contributed by atoms with Gasteiger partial charge in [0.1, 0.15) is 0 Å². The summed E-state index contributed by atoms with van der Waals surface area (Å²) < 4.78 is 26.7. The second-order valence-corrected chi connectivity index (χ2v) is 7.59. The van der Waals surface area contributed by atoms with Crippen molar-refractivity contribution in [2.24, 2.45) is 5.92 Å². The van der Waals surface area contributed by atoms with Crippen LogP contribution in [0.5, 0.6) is 0 Å². The van der Waals surface area contributed by atoms with E-state index < -0.39 is 10.0 Å². The fourth-order valence-electron chi connectivity index (χ4n) is 2.60. The Morgan fingerprint density at radius 1 is 1.25 bits per heavy atom. The monoisotopic (exact) mass is 292 g/mol. The SMILES string of the molecule is CC1CCC(C)N(S(=O)(=O)Cc2ccc(C#N)cc2)C1. The van der Waals surface area contributed by atoms with E-state index in [4.69, 9.17) is 5.26 Å². The highest BCUT2D eigenvalue weighted by Crippen LogP contribution is 2.25. The Balaban J connectivity index is 2.15. The molecular weight excluding hydrogens is 272 g/mol. The van der Waals surface area contributed by atoms with E-state index in [1.165, 1.54) is 0 Å². The van der Waals surface area contributed by atoms with Crippen molar-refractivity contribution in [2.75, 3.05) is 6.54 Å². The molecule has 5 heteroatoms. The summed E-state index contributed by atoms with van der Waals surface area (Å²) in [5.41, 5.74) is 1.28. The van der Waals surface area contributed by atoms with Gasteiger partial charge in [-0.1, -0.05) is 19.1 Å². The standard InChI is InChI=1S/C15H20N2O2S/c1-12-3-4-13(2)17(10-12)20(18,19)11-15-7-5-14(9-16)6-8-15/h5-8,12-13H,3-4,10-11H2,1-2H3. The highest BCUT2D eigenvalue weighted by molar-refractivity contribution is 7.88. The molecule has 1 aliphatic rings. The first-order valence-electron chi connectivity index (χ1n) is 6.91. The van der Waals surface area contributed by atoms with Crippen LogP contribution in [0.3, 0.4) is 0 Å². The summed E-state index contributed by atoms with van der Waals surface area (Å²) >= 11 is 0. The van der Waals surface area contributed by atoms with Gasteiger partial charge >= 0.3 is 0 Å². The van der Waals surface area contributed by atoms with Gasteiger partial charge in [0, 0.05) is 12.6 Å². The summed E-state index contributed by atoms with van der Waals surface area (Å²) in [5.74, 6) is 0.428. The van der Waals surface area contributed by atoms with E-state index in [2.05, 4.69) is 6.92 Å². The first-order valence-corrected chi connectivity index (χ1v) is 8.52. The van der Waals surface area contributed by atoms with Crippen molar-refractivity contribution in [3.8, 4) is 6.07 Å². The van der Waals surface area contributed by atoms with Crippen molar-refractivity contribution in [3.05, 3.63) is 35.4 Å². The lowest BCUT2D eigenvalue weighted by Crippen LogP contribution is -2.45. The van der Waals surface area contributed by atoms with Crippen LogP contribution in [0.2, 0.25) is 0 Å². The first-order chi connectivity index (χ1) is 9.42. The number of sulfonamides is 1. The average molecular weight is 292 g/mol. The van der Waals surface area contributed by atoms with Crippen LogP contribution in [0.1, 0.15) is 37.8 Å². The van der Waals surface area contributed by atoms with Crippen LogP contribution in [0, 0.1) is 17.2 Å². The molecule has 1 aromatic carbocycles. The average Bonchev–Trinajstić information content (AvgIpc) is 2.42. The zero-order chi connectivity index (χ0) is 14.8. The van der Waals surface area contributed by atoms with Gasteiger partial charge in [-0.15, -0.1) is 0 Å². The Hall–Kier alpha value is -1.38. The maximum Gasteiger partial charge on any atom is 0.218 e. The maximum atomic E-state index is 12.5. The van der Waals surface area contributed by atoms with E-state index in [0.717, 1.165) is 18.4 Å². The van der Waals surface area contributed by atoms with E-state index >= 15 is 0 Å². The van der Waals surface area contributed by atoms with Crippen LogP contribution in [0.25, 0.3) is 0 Å². The Kier molecular flexibility index (Phi) is 4.46. The molecule has 0 spiro atoms. The van der Waals surface area contributed by atoms with E-state index in [0.29, 0.717) is 18.0 Å². The Morgan fingerprint density at radius 3 is 2.50 bits per heavy atom. The number of piperidine rings is 1. The largest absolute Gasteiger partial charge is 0.218 e. The van der Waals surface area contributed by atoms with Crippen LogP contribution in [0.4, 0.5) is 0 Å². The van der Waals surface area contributed by atoms with E-state index in [1.54, 1.807) is 28.6 Å². The van der Waals surface area contributed by atoms with Gasteiger partial charge in [0.2, 0.25) is 10.0 Å². The normalized spacial score (nSPS) is 24.2. The van der Waals surface area contributed by atoms with Gasteiger partial charge in [-0.2, -0.15) is 9.57 Å². The molecule has 0 bridgehead atoms. The summed E-state index contributed by atoms with van der Waals surface area (Å²) in [6.07, 6.45) is 2.01. The first kappa shape index (κ1) is 15.0. The lowest BCUT2D eigenvalue weighted by atomic mass is 9.97. The quantitative estimate of drug-likeness (QED) is 0.860. The molecule has 2 unspecified atom stereocenters. The second kappa shape index (κ2) is 5.94. The van der Waals surface area contributed by atoms with Crippen molar-refractivity contribution in [2.45, 2.75) is 38.5 Å². The number of benzene rings is 1. The van der Waals surface area contributed by atoms with Crippen LogP contribution in [0.15, 0.2) is 24.3 Å². The number of hydrogen-bond donors (Lipinski definition) is 0. The third-order valence-corrected chi connectivity index (χ3v) is 5.77. The molecular formula is C15H20N2O2S. The van der Waals surface area contributed by atoms with Gasteiger partial charge in [0.25, 0.3) is 0 Å². The van der Waals surface area contributed by atoms with Crippen LogP contribution in [-0.4, -0.2) is 25.3 Å². The summed E-state index contributed by atoms with van der Waals surface area (Å²) in [7, 11) is -3.29. The number of rotatable bonds is 3.